The van der Waals surface area contributed by atoms with Gasteiger partial charge >= 0.3 is 0 Å². The van der Waals surface area contributed by atoms with E-state index in [1.807, 2.05) is 12.1 Å². The molecule has 0 unspecified atom stereocenters. The van der Waals surface area contributed by atoms with Crippen molar-refractivity contribution < 1.29 is 19.4 Å². The van der Waals surface area contributed by atoms with Gasteiger partial charge in [0.25, 0.3) is 0 Å². The van der Waals surface area contributed by atoms with Crippen LogP contribution in [0.2, 0.25) is 0 Å². The fourth-order valence-corrected chi connectivity index (χ4v) is 3.92. The van der Waals surface area contributed by atoms with Crippen molar-refractivity contribution in [2.45, 2.75) is 18.9 Å². The first-order valence-electron chi connectivity index (χ1n) is 11.0. The molecule has 3 heterocycles. The Kier molecular flexibility index (Phi) is 7.11. The number of aromatic nitrogens is 3. The molecule has 1 fully saturated rings. The van der Waals surface area contributed by atoms with Crippen molar-refractivity contribution in [1.82, 2.24) is 19.9 Å². The van der Waals surface area contributed by atoms with Crippen molar-refractivity contribution in [3.8, 4) is 23.3 Å². The van der Waals surface area contributed by atoms with Gasteiger partial charge < -0.3 is 25.3 Å². The van der Waals surface area contributed by atoms with Crippen LogP contribution in [0.4, 0.5) is 5.82 Å². The Hall–Kier alpha value is -3.87. The van der Waals surface area contributed by atoms with Crippen LogP contribution in [0, 0.1) is 11.8 Å². The Labute approximate surface area is 197 Å². The lowest BCUT2D eigenvalue weighted by atomic mass is 10.1. The van der Waals surface area contributed by atoms with Gasteiger partial charge in [0.1, 0.15) is 29.3 Å². The summed E-state index contributed by atoms with van der Waals surface area (Å²) in [7, 11) is 3.17. The average Bonchev–Trinajstić information content (AvgIpc) is 3.27. The number of carbonyl (C=O) groups excluding carboxylic acids is 1. The number of aromatic amines is 1. The minimum Gasteiger partial charge on any atom is -0.497 e. The van der Waals surface area contributed by atoms with Crippen molar-refractivity contribution in [3.05, 3.63) is 47.4 Å². The Bertz CT molecular complexity index is 1260. The minimum atomic E-state index is -0.269. The van der Waals surface area contributed by atoms with E-state index in [1.54, 1.807) is 26.5 Å². The van der Waals surface area contributed by atoms with Crippen LogP contribution in [0.1, 0.15) is 29.8 Å². The number of aliphatic hydroxyl groups excluding tert-OH is 1. The minimum absolute atomic E-state index is 0.269. The summed E-state index contributed by atoms with van der Waals surface area (Å²) in [6.07, 6.45) is 5.06. The number of hydrogen-bond acceptors (Lipinski definition) is 8. The monoisotopic (exact) mass is 461 g/mol. The van der Waals surface area contributed by atoms with Crippen LogP contribution in [-0.4, -0.2) is 71.2 Å². The molecule has 1 saturated heterocycles. The number of hydrogen-bond donors (Lipinski definition) is 3. The second kappa shape index (κ2) is 10.4. The van der Waals surface area contributed by atoms with E-state index in [0.717, 1.165) is 24.9 Å². The molecular formula is C25H27N5O4. The Morgan fingerprint density at radius 1 is 1.21 bits per heavy atom. The zero-order chi connectivity index (χ0) is 24.1. The van der Waals surface area contributed by atoms with Gasteiger partial charge in [0.15, 0.2) is 5.82 Å². The highest BCUT2D eigenvalue weighted by Crippen LogP contribution is 2.26. The molecule has 0 radical (unpaired) electrons. The number of nitrogens with two attached hydrogens (primary N) is 1. The predicted octanol–water partition coefficient (Wildman–Crippen LogP) is 2.00. The number of allylic oxidation sites excluding steroid dienone is 1. The van der Waals surface area contributed by atoms with Crippen LogP contribution in [0.25, 0.3) is 16.6 Å². The number of benzene rings is 1. The van der Waals surface area contributed by atoms with Gasteiger partial charge in [0.2, 0.25) is 0 Å². The Balaban J connectivity index is 1.63. The summed E-state index contributed by atoms with van der Waals surface area (Å²) in [6, 6.07) is 5.41. The highest BCUT2D eigenvalue weighted by molar-refractivity contribution is 5.93. The van der Waals surface area contributed by atoms with Gasteiger partial charge in [-0.2, -0.15) is 0 Å². The van der Waals surface area contributed by atoms with Gasteiger partial charge in [-0.15, -0.1) is 0 Å². The van der Waals surface area contributed by atoms with Gasteiger partial charge in [0, 0.05) is 43.0 Å². The van der Waals surface area contributed by atoms with Crippen molar-refractivity contribution in [1.29, 1.82) is 0 Å². The summed E-state index contributed by atoms with van der Waals surface area (Å²) in [4.78, 5) is 25.6. The summed E-state index contributed by atoms with van der Waals surface area (Å²) < 4.78 is 10.6. The second-order valence-corrected chi connectivity index (χ2v) is 8.05. The number of carbonyl (C=O) groups is 1. The predicted molar refractivity (Wildman–Crippen MR) is 130 cm³/mol. The SMILES string of the molecule is COc1cc(C#Cc2c[nH]c3nc(C(=CC=O)CN4CCC(O)CC4)nc(N)c23)cc(OC)c1. The van der Waals surface area contributed by atoms with E-state index >= 15 is 0 Å². The summed E-state index contributed by atoms with van der Waals surface area (Å²) in [5.41, 5.74) is 8.91. The lowest BCUT2D eigenvalue weighted by Gasteiger charge is -2.29. The molecule has 0 atom stereocenters. The molecule has 0 aliphatic carbocycles. The normalized spacial score (nSPS) is 15.1. The fraction of sp³-hybridized carbons (Fsp3) is 0.320. The van der Waals surface area contributed by atoms with Crippen molar-refractivity contribution in [2.24, 2.45) is 0 Å². The number of aldehydes is 1. The number of ether oxygens (including phenoxy) is 2. The first-order chi connectivity index (χ1) is 16.5. The molecule has 34 heavy (non-hydrogen) atoms. The lowest BCUT2D eigenvalue weighted by Crippen LogP contribution is -2.37. The number of nitrogens with zero attached hydrogens (tertiary/aromatic N) is 3. The van der Waals surface area contributed by atoms with Crippen LogP contribution in [-0.2, 0) is 4.79 Å². The van der Waals surface area contributed by atoms with E-state index in [9.17, 15) is 9.90 Å². The average molecular weight is 462 g/mol. The number of nitrogen functional groups attached to an aromatic ring is 1. The Morgan fingerprint density at radius 2 is 1.91 bits per heavy atom. The molecular weight excluding hydrogens is 434 g/mol. The number of rotatable bonds is 6. The molecule has 9 nitrogen and oxygen atoms in total. The topological polar surface area (TPSA) is 127 Å². The maximum atomic E-state index is 11.3. The summed E-state index contributed by atoms with van der Waals surface area (Å²) in [5, 5.41) is 10.4. The summed E-state index contributed by atoms with van der Waals surface area (Å²) >= 11 is 0. The van der Waals surface area contributed by atoms with Gasteiger partial charge in [-0.1, -0.05) is 11.8 Å². The molecule has 2 aromatic heterocycles. The molecule has 3 aromatic rings. The number of methoxy groups -OCH3 is 2. The number of anilines is 1. The molecule has 1 aliphatic heterocycles. The van der Waals surface area contributed by atoms with E-state index in [-0.39, 0.29) is 11.9 Å². The first kappa shape index (κ1) is 23.3. The van der Waals surface area contributed by atoms with Gasteiger partial charge in [0.05, 0.1) is 31.3 Å². The fourth-order valence-electron chi connectivity index (χ4n) is 3.92. The molecule has 1 aromatic carbocycles. The standard InChI is InChI=1S/C25H27N5O4/c1-33-20-11-16(12-21(13-20)34-2)3-4-17-14-27-25-22(17)23(26)28-24(29-25)18(7-10-31)15-30-8-5-19(32)6-9-30/h7,10-14,19,32H,5-6,8-9,15H2,1-2H3,(H3,26,27,28,29). The largest absolute Gasteiger partial charge is 0.497 e. The van der Waals surface area contributed by atoms with Crippen molar-refractivity contribution in [2.75, 3.05) is 39.6 Å². The van der Waals surface area contributed by atoms with E-state index in [4.69, 9.17) is 15.2 Å². The number of fused-ring (bicyclic) bond motifs is 1. The van der Waals surface area contributed by atoms with E-state index in [2.05, 4.69) is 31.7 Å². The molecule has 0 saturated carbocycles. The van der Waals surface area contributed by atoms with Crippen LogP contribution in [0.15, 0.2) is 30.5 Å². The number of nitrogens with one attached hydrogen (secondary N) is 1. The Morgan fingerprint density at radius 3 is 2.56 bits per heavy atom. The van der Waals surface area contributed by atoms with Crippen LogP contribution in [0.5, 0.6) is 11.5 Å². The van der Waals surface area contributed by atoms with Crippen molar-refractivity contribution in [3.63, 3.8) is 0 Å². The zero-order valence-electron chi connectivity index (χ0n) is 19.2. The van der Waals surface area contributed by atoms with E-state index in [0.29, 0.717) is 58.9 Å². The molecule has 0 bridgehead atoms. The van der Waals surface area contributed by atoms with E-state index < -0.39 is 0 Å². The molecule has 4 N–H and O–H groups in total. The van der Waals surface area contributed by atoms with E-state index in [1.165, 1.54) is 6.08 Å². The molecule has 1 aliphatic rings. The lowest BCUT2D eigenvalue weighted by molar-refractivity contribution is -0.104. The molecule has 176 valence electrons. The summed E-state index contributed by atoms with van der Waals surface area (Å²) in [5.74, 6) is 8.18. The maximum Gasteiger partial charge on any atom is 0.161 e. The van der Waals surface area contributed by atoms with Gasteiger partial charge in [-0.05, 0) is 31.1 Å². The quantitative estimate of drug-likeness (QED) is 0.289. The molecule has 0 spiro atoms. The number of piperidine rings is 1. The zero-order valence-corrected chi connectivity index (χ0v) is 19.2. The highest BCUT2D eigenvalue weighted by atomic mass is 16.5. The highest BCUT2D eigenvalue weighted by Gasteiger charge is 2.20. The number of aliphatic hydroxyl groups is 1. The number of H-pyrrole nitrogens is 1. The molecule has 9 heteroatoms. The molecule has 4 rings (SSSR count). The molecule has 0 amide bonds. The smallest absolute Gasteiger partial charge is 0.161 e. The van der Waals surface area contributed by atoms with Crippen LogP contribution >= 0.6 is 0 Å². The van der Waals surface area contributed by atoms with Crippen LogP contribution in [0.3, 0.4) is 0 Å². The third-order valence-corrected chi connectivity index (χ3v) is 5.76. The third-order valence-electron chi connectivity index (χ3n) is 5.76. The second-order valence-electron chi connectivity index (χ2n) is 8.05. The number of likely N-dealkylation sites (tertiary alicyclic amines) is 1. The van der Waals surface area contributed by atoms with Crippen LogP contribution < -0.4 is 15.2 Å². The van der Waals surface area contributed by atoms with Gasteiger partial charge in [-0.25, -0.2) is 9.97 Å². The third kappa shape index (κ3) is 5.20. The first-order valence-corrected chi connectivity index (χ1v) is 11.0. The maximum absolute atomic E-state index is 11.3. The van der Waals surface area contributed by atoms with Gasteiger partial charge in [-0.3, -0.25) is 9.69 Å². The summed E-state index contributed by atoms with van der Waals surface area (Å²) in [6.45, 7) is 1.99. The van der Waals surface area contributed by atoms with Crippen molar-refractivity contribution >= 4 is 28.7 Å².